The van der Waals surface area contributed by atoms with Gasteiger partial charge in [-0.3, -0.25) is 4.79 Å². The van der Waals surface area contributed by atoms with E-state index in [-0.39, 0.29) is 12.5 Å². The third-order valence-corrected chi connectivity index (χ3v) is 5.48. The molecule has 0 saturated carbocycles. The third kappa shape index (κ3) is 4.21. The van der Waals surface area contributed by atoms with Gasteiger partial charge in [0.2, 0.25) is 0 Å². The molecule has 1 N–H and O–H groups in total. The van der Waals surface area contributed by atoms with Crippen molar-refractivity contribution in [2.45, 2.75) is 24.5 Å². The zero-order chi connectivity index (χ0) is 14.7. The molecule has 0 radical (unpaired) electrons. The Hall–Kier alpha value is -1.07. The van der Waals surface area contributed by atoms with E-state index in [0.29, 0.717) is 11.4 Å². The van der Waals surface area contributed by atoms with Crippen LogP contribution in [0.1, 0.15) is 29.8 Å². The lowest BCUT2D eigenvalue weighted by Gasteiger charge is -2.22. The number of alkyl halides is 1. The summed E-state index contributed by atoms with van der Waals surface area (Å²) in [6, 6.07) is 6.92. The van der Waals surface area contributed by atoms with Crippen molar-refractivity contribution in [1.82, 2.24) is 5.32 Å². The van der Waals surface area contributed by atoms with Gasteiger partial charge in [0.15, 0.2) is 9.84 Å². The van der Waals surface area contributed by atoms with Crippen LogP contribution in [-0.2, 0) is 15.7 Å². The second kappa shape index (κ2) is 5.92. The molecule has 106 valence electrons. The molecule has 1 rings (SSSR count). The lowest BCUT2D eigenvalue weighted by Crippen LogP contribution is -2.43. The first-order chi connectivity index (χ1) is 8.67. The van der Waals surface area contributed by atoms with Crippen LogP contribution in [0.5, 0.6) is 0 Å². The van der Waals surface area contributed by atoms with Gasteiger partial charge >= 0.3 is 0 Å². The highest BCUT2D eigenvalue weighted by molar-refractivity contribution is 7.92. The summed E-state index contributed by atoms with van der Waals surface area (Å²) in [4.78, 5) is 11.9. The van der Waals surface area contributed by atoms with Crippen LogP contribution < -0.4 is 5.32 Å². The summed E-state index contributed by atoms with van der Waals surface area (Å²) in [5.74, 6) is 0.0272. The molecule has 0 spiro atoms. The van der Waals surface area contributed by atoms with Crippen LogP contribution in [0.2, 0.25) is 0 Å². The zero-order valence-electron chi connectivity index (χ0n) is 11.2. The summed E-state index contributed by atoms with van der Waals surface area (Å²) < 4.78 is 22.1. The van der Waals surface area contributed by atoms with Gasteiger partial charge in [0.05, 0.1) is 4.75 Å². The number of carbonyl (C=O) groups excluding carboxylic acids is 1. The predicted molar refractivity (Wildman–Crippen MR) is 77.3 cm³/mol. The van der Waals surface area contributed by atoms with E-state index >= 15 is 0 Å². The molecule has 0 aromatic heterocycles. The molecule has 0 unspecified atom stereocenters. The number of nitrogens with one attached hydrogen (secondary N) is 1. The highest BCUT2D eigenvalue weighted by Crippen LogP contribution is 2.14. The average molecular weight is 304 g/mol. The number of carbonyl (C=O) groups is 1. The third-order valence-electron chi connectivity index (χ3n) is 3.02. The summed E-state index contributed by atoms with van der Waals surface area (Å²) in [6.07, 6.45) is 1.16. The van der Waals surface area contributed by atoms with Gasteiger partial charge in [-0.2, -0.15) is 0 Å². The summed E-state index contributed by atoms with van der Waals surface area (Å²) in [7, 11) is -3.23. The first-order valence-corrected chi connectivity index (χ1v) is 8.23. The fourth-order valence-electron chi connectivity index (χ4n) is 1.32. The molecule has 0 saturated heterocycles. The predicted octanol–water partition coefficient (Wildman–Crippen LogP) is 1.98. The van der Waals surface area contributed by atoms with Crippen molar-refractivity contribution in [3.8, 4) is 0 Å². The molecule has 6 heteroatoms. The molecule has 0 aliphatic heterocycles. The van der Waals surface area contributed by atoms with E-state index in [1.807, 2.05) is 6.07 Å². The van der Waals surface area contributed by atoms with E-state index in [1.165, 1.54) is 0 Å². The SMILES string of the molecule is CC(C)(CNC(=O)c1cccc(CCl)c1)S(C)(=O)=O. The molecule has 1 aromatic rings. The Kier molecular flexibility index (Phi) is 4.98. The van der Waals surface area contributed by atoms with Gasteiger partial charge in [0, 0.05) is 24.2 Å². The van der Waals surface area contributed by atoms with Gasteiger partial charge in [0.1, 0.15) is 0 Å². The minimum atomic E-state index is -3.23. The molecule has 0 aliphatic carbocycles. The number of hydrogen-bond donors (Lipinski definition) is 1. The number of hydrogen-bond acceptors (Lipinski definition) is 3. The van der Waals surface area contributed by atoms with Crippen LogP contribution in [0.15, 0.2) is 24.3 Å². The maximum atomic E-state index is 11.9. The van der Waals surface area contributed by atoms with Crippen LogP contribution in [0.4, 0.5) is 0 Å². The Bertz CT molecular complexity index is 567. The Morgan fingerprint density at radius 3 is 2.53 bits per heavy atom. The summed E-state index contributed by atoms with van der Waals surface area (Å²) >= 11 is 5.70. The van der Waals surface area contributed by atoms with Crippen molar-refractivity contribution in [3.05, 3.63) is 35.4 Å². The topological polar surface area (TPSA) is 63.2 Å². The number of sulfone groups is 1. The van der Waals surface area contributed by atoms with Crippen LogP contribution in [0, 0.1) is 0 Å². The van der Waals surface area contributed by atoms with E-state index < -0.39 is 14.6 Å². The molecule has 1 amide bonds. The summed E-state index contributed by atoms with van der Waals surface area (Å²) in [6.45, 7) is 3.23. The number of benzene rings is 1. The normalized spacial score (nSPS) is 12.2. The van der Waals surface area contributed by atoms with Crippen LogP contribution in [-0.4, -0.2) is 31.9 Å². The van der Waals surface area contributed by atoms with E-state index in [4.69, 9.17) is 11.6 Å². The largest absolute Gasteiger partial charge is 0.350 e. The minimum Gasteiger partial charge on any atom is -0.350 e. The molecule has 0 heterocycles. The van der Waals surface area contributed by atoms with Crippen molar-refractivity contribution in [2.24, 2.45) is 0 Å². The Labute approximate surface area is 119 Å². The highest BCUT2D eigenvalue weighted by Gasteiger charge is 2.30. The second-order valence-electron chi connectivity index (χ2n) is 5.05. The maximum Gasteiger partial charge on any atom is 0.251 e. The highest BCUT2D eigenvalue weighted by atomic mass is 35.5. The second-order valence-corrected chi connectivity index (χ2v) is 7.97. The van der Waals surface area contributed by atoms with Crippen molar-refractivity contribution in [2.75, 3.05) is 12.8 Å². The lowest BCUT2D eigenvalue weighted by atomic mass is 10.1. The van der Waals surface area contributed by atoms with Crippen LogP contribution in [0.25, 0.3) is 0 Å². The number of rotatable bonds is 5. The van der Waals surface area contributed by atoms with Gasteiger partial charge in [-0.1, -0.05) is 12.1 Å². The standard InChI is InChI=1S/C13H18ClNO3S/c1-13(2,19(3,17)18)9-15-12(16)11-6-4-5-10(7-11)8-14/h4-7H,8-9H2,1-3H3,(H,15,16). The molecule has 0 fully saturated rings. The first-order valence-electron chi connectivity index (χ1n) is 5.80. The minimum absolute atomic E-state index is 0.0652. The number of amides is 1. The zero-order valence-corrected chi connectivity index (χ0v) is 12.8. The molecular weight excluding hydrogens is 286 g/mol. The van der Waals surface area contributed by atoms with Gasteiger partial charge < -0.3 is 5.32 Å². The van der Waals surface area contributed by atoms with Crippen LogP contribution in [0.3, 0.4) is 0 Å². The Morgan fingerprint density at radius 1 is 1.37 bits per heavy atom. The van der Waals surface area contributed by atoms with E-state index in [9.17, 15) is 13.2 Å². The van der Waals surface area contributed by atoms with Gasteiger partial charge in [-0.15, -0.1) is 11.6 Å². The number of halogens is 1. The van der Waals surface area contributed by atoms with E-state index in [2.05, 4.69) is 5.32 Å². The Balaban J connectivity index is 2.76. The molecule has 0 atom stereocenters. The molecule has 1 aromatic carbocycles. The summed E-state index contributed by atoms with van der Waals surface area (Å²) in [5, 5.41) is 2.64. The first kappa shape index (κ1) is 16.0. The maximum absolute atomic E-state index is 11.9. The monoisotopic (exact) mass is 303 g/mol. The molecule has 19 heavy (non-hydrogen) atoms. The summed E-state index contributed by atoms with van der Waals surface area (Å²) in [5.41, 5.74) is 1.32. The van der Waals surface area contributed by atoms with Gasteiger partial charge in [-0.25, -0.2) is 8.42 Å². The van der Waals surface area contributed by atoms with Gasteiger partial charge in [-0.05, 0) is 31.5 Å². The van der Waals surface area contributed by atoms with Crippen molar-refractivity contribution >= 4 is 27.3 Å². The van der Waals surface area contributed by atoms with Crippen molar-refractivity contribution in [1.29, 1.82) is 0 Å². The van der Waals surface area contributed by atoms with Crippen molar-refractivity contribution in [3.63, 3.8) is 0 Å². The van der Waals surface area contributed by atoms with Crippen molar-refractivity contribution < 1.29 is 13.2 Å². The fourth-order valence-corrected chi connectivity index (χ4v) is 1.82. The molecular formula is C13H18ClNO3S. The van der Waals surface area contributed by atoms with E-state index in [0.717, 1.165) is 11.8 Å². The molecule has 0 aliphatic rings. The Morgan fingerprint density at radius 2 is 2.00 bits per heavy atom. The lowest BCUT2D eigenvalue weighted by molar-refractivity contribution is 0.0950. The fraction of sp³-hybridized carbons (Fsp3) is 0.462. The quantitative estimate of drug-likeness (QED) is 0.846. The van der Waals surface area contributed by atoms with Crippen LogP contribution >= 0.6 is 11.6 Å². The van der Waals surface area contributed by atoms with E-state index in [1.54, 1.807) is 32.0 Å². The van der Waals surface area contributed by atoms with Gasteiger partial charge in [0.25, 0.3) is 5.91 Å². The smallest absolute Gasteiger partial charge is 0.251 e. The molecule has 0 bridgehead atoms. The average Bonchev–Trinajstić information content (AvgIpc) is 2.34. The molecule has 4 nitrogen and oxygen atoms in total.